The van der Waals surface area contributed by atoms with Crippen LogP contribution in [0.1, 0.15) is 42.2 Å². The van der Waals surface area contributed by atoms with Crippen molar-refractivity contribution in [1.82, 2.24) is 4.57 Å². The number of ether oxygens (including phenoxy) is 1. The Morgan fingerprint density at radius 3 is 2.94 bits per heavy atom. The third-order valence-electron chi connectivity index (χ3n) is 2.57. The molecule has 0 bridgehead atoms. The van der Waals surface area contributed by atoms with Gasteiger partial charge in [-0.1, -0.05) is 0 Å². The third kappa shape index (κ3) is 3.63. The molecule has 0 aliphatic rings. The Labute approximate surface area is 102 Å². The van der Waals surface area contributed by atoms with Crippen LogP contribution in [0.4, 0.5) is 0 Å². The average molecular weight is 234 g/mol. The second kappa shape index (κ2) is 6.74. The number of rotatable bonds is 6. The third-order valence-corrected chi connectivity index (χ3v) is 2.57. The van der Waals surface area contributed by atoms with Gasteiger partial charge in [-0.2, -0.15) is 5.26 Å². The van der Waals surface area contributed by atoms with Gasteiger partial charge in [0.2, 0.25) is 0 Å². The fourth-order valence-corrected chi connectivity index (χ4v) is 1.73. The second-order valence-electron chi connectivity index (χ2n) is 3.88. The Kier molecular flexibility index (Phi) is 5.28. The second-order valence-corrected chi connectivity index (χ2v) is 3.88. The van der Waals surface area contributed by atoms with Gasteiger partial charge in [0.15, 0.2) is 0 Å². The minimum absolute atomic E-state index is 0.268. The van der Waals surface area contributed by atoms with Crippen LogP contribution in [0.2, 0.25) is 0 Å². The van der Waals surface area contributed by atoms with Crippen molar-refractivity contribution in [1.29, 1.82) is 5.26 Å². The van der Waals surface area contributed by atoms with Crippen LogP contribution in [-0.4, -0.2) is 17.1 Å². The summed E-state index contributed by atoms with van der Waals surface area (Å²) >= 11 is 0. The highest BCUT2D eigenvalue weighted by Crippen LogP contribution is 2.13. The van der Waals surface area contributed by atoms with Crippen LogP contribution in [0.15, 0.2) is 12.3 Å². The van der Waals surface area contributed by atoms with Crippen molar-refractivity contribution >= 4 is 5.97 Å². The molecule has 0 saturated heterocycles. The lowest BCUT2D eigenvalue weighted by Gasteiger charge is -2.08. The molecule has 4 nitrogen and oxygen atoms in total. The van der Waals surface area contributed by atoms with Gasteiger partial charge < -0.3 is 9.30 Å². The number of hydrogen-bond acceptors (Lipinski definition) is 3. The van der Waals surface area contributed by atoms with E-state index < -0.39 is 0 Å². The average Bonchev–Trinajstić information content (AvgIpc) is 2.66. The maximum absolute atomic E-state index is 11.7. The van der Waals surface area contributed by atoms with Gasteiger partial charge in [-0.15, -0.1) is 0 Å². The molecule has 1 aromatic heterocycles. The van der Waals surface area contributed by atoms with Crippen LogP contribution in [0.3, 0.4) is 0 Å². The first-order valence-electron chi connectivity index (χ1n) is 5.90. The Hall–Kier alpha value is -1.76. The molecule has 0 atom stereocenters. The van der Waals surface area contributed by atoms with Crippen LogP contribution >= 0.6 is 0 Å². The number of unbranched alkanes of at least 4 members (excludes halogenated alkanes) is 2. The Balaban J connectivity index is 2.66. The molecular weight excluding hydrogens is 216 g/mol. The van der Waals surface area contributed by atoms with Gasteiger partial charge in [-0.3, -0.25) is 0 Å². The van der Waals surface area contributed by atoms with Crippen molar-refractivity contribution < 1.29 is 9.53 Å². The van der Waals surface area contributed by atoms with E-state index in [9.17, 15) is 4.79 Å². The number of carbonyl (C=O) groups excluding carboxylic acids is 1. The van der Waals surface area contributed by atoms with Gasteiger partial charge in [-0.25, -0.2) is 4.79 Å². The number of carbonyl (C=O) groups is 1. The van der Waals surface area contributed by atoms with Crippen molar-refractivity contribution in [2.45, 2.75) is 39.7 Å². The molecule has 1 rings (SSSR count). The molecule has 17 heavy (non-hydrogen) atoms. The largest absolute Gasteiger partial charge is 0.461 e. The smallest absolute Gasteiger partial charge is 0.355 e. The summed E-state index contributed by atoms with van der Waals surface area (Å²) < 4.78 is 6.93. The summed E-state index contributed by atoms with van der Waals surface area (Å²) in [4.78, 5) is 11.7. The SMILES string of the molecule is CCOC(=O)c1c(C)ccn1CCCCC#N. The van der Waals surface area contributed by atoms with Gasteiger partial charge >= 0.3 is 5.97 Å². The summed E-state index contributed by atoms with van der Waals surface area (Å²) in [6.07, 6.45) is 4.22. The van der Waals surface area contributed by atoms with E-state index in [1.165, 1.54) is 0 Å². The maximum Gasteiger partial charge on any atom is 0.355 e. The van der Waals surface area contributed by atoms with Crippen LogP contribution in [0, 0.1) is 18.3 Å². The number of hydrogen-bond donors (Lipinski definition) is 0. The van der Waals surface area contributed by atoms with E-state index in [1.807, 2.05) is 23.8 Å². The fourth-order valence-electron chi connectivity index (χ4n) is 1.73. The van der Waals surface area contributed by atoms with Crippen molar-refractivity contribution in [2.24, 2.45) is 0 Å². The van der Waals surface area contributed by atoms with Crippen molar-refractivity contribution in [2.75, 3.05) is 6.61 Å². The van der Waals surface area contributed by atoms with Crippen molar-refractivity contribution in [3.05, 3.63) is 23.5 Å². The standard InChI is InChI=1S/C13H18N2O2/c1-3-17-13(16)12-11(2)7-10-15(12)9-6-4-5-8-14/h7,10H,3-6,9H2,1-2H3. The molecule has 1 aromatic rings. The van der Waals surface area contributed by atoms with E-state index in [1.54, 1.807) is 6.92 Å². The molecule has 0 N–H and O–H groups in total. The van der Waals surface area contributed by atoms with E-state index in [0.717, 1.165) is 24.9 Å². The fraction of sp³-hybridized carbons (Fsp3) is 0.538. The van der Waals surface area contributed by atoms with Crippen LogP contribution in [-0.2, 0) is 11.3 Å². The molecule has 0 amide bonds. The number of aromatic nitrogens is 1. The molecule has 1 heterocycles. The summed E-state index contributed by atoms with van der Waals surface area (Å²) in [5, 5.41) is 8.45. The predicted molar refractivity (Wildman–Crippen MR) is 64.6 cm³/mol. The summed E-state index contributed by atoms with van der Waals surface area (Å²) in [5.41, 5.74) is 1.56. The monoisotopic (exact) mass is 234 g/mol. The Morgan fingerprint density at radius 2 is 2.29 bits per heavy atom. The first-order chi connectivity index (χ1) is 8.20. The number of nitriles is 1. The molecule has 0 saturated carbocycles. The molecule has 0 aliphatic carbocycles. The molecule has 0 fully saturated rings. The highest BCUT2D eigenvalue weighted by molar-refractivity contribution is 5.89. The number of aryl methyl sites for hydroxylation is 2. The zero-order valence-corrected chi connectivity index (χ0v) is 10.4. The number of esters is 1. The zero-order chi connectivity index (χ0) is 12.7. The summed E-state index contributed by atoms with van der Waals surface area (Å²) in [7, 11) is 0. The van der Waals surface area contributed by atoms with E-state index in [0.29, 0.717) is 18.7 Å². The van der Waals surface area contributed by atoms with Gasteiger partial charge in [0.25, 0.3) is 0 Å². The minimum atomic E-state index is -0.268. The molecule has 0 aromatic carbocycles. The molecule has 4 heteroatoms. The van der Waals surface area contributed by atoms with Crippen LogP contribution < -0.4 is 0 Å². The van der Waals surface area contributed by atoms with E-state index >= 15 is 0 Å². The highest BCUT2D eigenvalue weighted by Gasteiger charge is 2.15. The Morgan fingerprint density at radius 1 is 1.53 bits per heavy atom. The lowest BCUT2D eigenvalue weighted by Crippen LogP contribution is -2.13. The van der Waals surface area contributed by atoms with Crippen LogP contribution in [0.5, 0.6) is 0 Å². The van der Waals surface area contributed by atoms with Gasteiger partial charge in [0.1, 0.15) is 5.69 Å². The molecular formula is C13H18N2O2. The summed E-state index contributed by atoms with van der Waals surface area (Å²) in [6.45, 7) is 4.84. The lowest BCUT2D eigenvalue weighted by molar-refractivity contribution is 0.0512. The van der Waals surface area contributed by atoms with Crippen molar-refractivity contribution in [3.63, 3.8) is 0 Å². The first kappa shape index (κ1) is 13.3. The minimum Gasteiger partial charge on any atom is -0.461 e. The van der Waals surface area contributed by atoms with Gasteiger partial charge in [0, 0.05) is 19.2 Å². The molecule has 0 spiro atoms. The molecule has 0 aliphatic heterocycles. The number of nitrogens with zero attached hydrogens (tertiary/aromatic N) is 2. The summed E-state index contributed by atoms with van der Waals surface area (Å²) in [6, 6.07) is 4.03. The first-order valence-corrected chi connectivity index (χ1v) is 5.90. The Bertz CT molecular complexity index is 416. The van der Waals surface area contributed by atoms with E-state index in [-0.39, 0.29) is 5.97 Å². The highest BCUT2D eigenvalue weighted by atomic mass is 16.5. The quantitative estimate of drug-likeness (QED) is 0.561. The summed E-state index contributed by atoms with van der Waals surface area (Å²) in [5.74, 6) is -0.268. The molecule has 92 valence electrons. The van der Waals surface area contributed by atoms with Crippen molar-refractivity contribution in [3.8, 4) is 6.07 Å². The molecule has 0 radical (unpaired) electrons. The maximum atomic E-state index is 11.7. The molecule has 0 unspecified atom stereocenters. The zero-order valence-electron chi connectivity index (χ0n) is 10.4. The van der Waals surface area contributed by atoms with E-state index in [2.05, 4.69) is 6.07 Å². The normalized spacial score (nSPS) is 9.94. The van der Waals surface area contributed by atoms with Gasteiger partial charge in [0.05, 0.1) is 12.7 Å². The van der Waals surface area contributed by atoms with Gasteiger partial charge in [-0.05, 0) is 38.3 Å². The van der Waals surface area contributed by atoms with E-state index in [4.69, 9.17) is 10.00 Å². The lowest BCUT2D eigenvalue weighted by atomic mass is 10.2. The predicted octanol–water partition coefficient (Wildman–Crippen LogP) is 2.67. The topological polar surface area (TPSA) is 55.0 Å². The van der Waals surface area contributed by atoms with Crippen LogP contribution in [0.25, 0.3) is 0 Å².